The molecule has 0 radical (unpaired) electrons. The summed E-state index contributed by atoms with van der Waals surface area (Å²) < 4.78 is 37.5. The van der Waals surface area contributed by atoms with Gasteiger partial charge in [0.1, 0.15) is 12.4 Å². The van der Waals surface area contributed by atoms with Gasteiger partial charge in [-0.05, 0) is 12.1 Å². The van der Waals surface area contributed by atoms with E-state index in [1.54, 1.807) is 6.07 Å². The second kappa shape index (κ2) is 5.87. The van der Waals surface area contributed by atoms with E-state index in [4.69, 9.17) is 0 Å². The Bertz CT molecular complexity index is 759. The fraction of sp³-hybridized carbons (Fsp3) is 0.182. The Morgan fingerprint density at radius 3 is 2.76 bits per heavy atom. The molecule has 0 saturated carbocycles. The average molecular weight is 313 g/mol. The van der Waals surface area contributed by atoms with Crippen molar-refractivity contribution in [2.45, 2.75) is 6.54 Å². The van der Waals surface area contributed by atoms with Crippen LogP contribution < -0.4 is 10.0 Å². The van der Waals surface area contributed by atoms with Gasteiger partial charge in [-0.15, -0.1) is 5.10 Å². The molecule has 112 valence electrons. The van der Waals surface area contributed by atoms with Crippen molar-refractivity contribution >= 4 is 27.4 Å². The van der Waals surface area contributed by atoms with Crippen molar-refractivity contribution in [1.82, 2.24) is 15.0 Å². The molecule has 10 heteroatoms. The monoisotopic (exact) mass is 313 g/mol. The van der Waals surface area contributed by atoms with Crippen LogP contribution in [0.25, 0.3) is 0 Å². The van der Waals surface area contributed by atoms with Crippen molar-refractivity contribution < 1.29 is 17.6 Å². The van der Waals surface area contributed by atoms with Crippen molar-refractivity contribution in [3.63, 3.8) is 0 Å². The lowest BCUT2D eigenvalue weighted by Gasteiger charge is -2.05. The molecule has 2 aromatic rings. The fourth-order valence-corrected chi connectivity index (χ4v) is 1.96. The molecule has 0 atom stereocenters. The number of hydrogen-bond acceptors (Lipinski definition) is 5. The van der Waals surface area contributed by atoms with Crippen LogP contribution in [0.5, 0.6) is 0 Å². The van der Waals surface area contributed by atoms with Crippen molar-refractivity contribution in [3.8, 4) is 0 Å². The largest absolute Gasteiger partial charge is 0.322 e. The minimum Gasteiger partial charge on any atom is -0.322 e. The Hall–Kier alpha value is -2.49. The lowest BCUT2D eigenvalue weighted by atomic mass is 10.3. The highest BCUT2D eigenvalue weighted by molar-refractivity contribution is 7.92. The molecule has 8 nitrogen and oxygen atoms in total. The number of amides is 1. The Balaban J connectivity index is 1.99. The molecule has 0 unspecified atom stereocenters. The first-order valence-corrected chi connectivity index (χ1v) is 7.65. The smallest absolute Gasteiger partial charge is 0.248 e. The molecule has 0 saturated heterocycles. The maximum atomic E-state index is 13.3. The quantitative estimate of drug-likeness (QED) is 0.832. The number of anilines is 2. The summed E-state index contributed by atoms with van der Waals surface area (Å²) in [6.07, 6.45) is 2.13. The number of nitrogens with one attached hydrogen (secondary N) is 2. The summed E-state index contributed by atoms with van der Waals surface area (Å²) in [4.78, 5) is 12.7. The molecule has 2 N–H and O–H groups in total. The number of carbonyl (C=O) groups excluding carboxylic acids is 1. The number of aromatic nitrogens is 3. The summed E-state index contributed by atoms with van der Waals surface area (Å²) in [5.74, 6) is -1.10. The Labute approximate surface area is 120 Å². The van der Waals surface area contributed by atoms with Gasteiger partial charge in [0.15, 0.2) is 5.82 Å². The standard InChI is InChI=1S/C11H12FN5O3S/c1-21(19,20)16-10-6-13-17(15-10)7-11(18)14-9-5-3-2-4-8(9)12/h2-6H,7H2,1H3,(H,14,18)(H,15,16). The zero-order valence-corrected chi connectivity index (χ0v) is 11.8. The predicted octanol–water partition coefficient (Wildman–Crippen LogP) is 0.427. The molecule has 1 amide bonds. The normalized spacial score (nSPS) is 11.1. The number of rotatable bonds is 5. The number of benzene rings is 1. The third-order valence-corrected chi connectivity index (χ3v) is 2.84. The van der Waals surface area contributed by atoms with Gasteiger partial charge in [-0.2, -0.15) is 9.90 Å². The summed E-state index contributed by atoms with van der Waals surface area (Å²) in [5.41, 5.74) is 0.0455. The SMILES string of the molecule is CS(=O)(=O)Nc1cnn(CC(=O)Nc2ccccc2F)n1. The van der Waals surface area contributed by atoms with Crippen LogP contribution in [0.4, 0.5) is 15.9 Å². The van der Waals surface area contributed by atoms with Gasteiger partial charge in [-0.1, -0.05) is 12.1 Å². The molecule has 0 spiro atoms. The van der Waals surface area contributed by atoms with E-state index in [9.17, 15) is 17.6 Å². The van der Waals surface area contributed by atoms with Crippen molar-refractivity contribution in [2.24, 2.45) is 0 Å². The highest BCUT2D eigenvalue weighted by Gasteiger charge is 2.10. The topological polar surface area (TPSA) is 106 Å². The number of nitrogens with zero attached hydrogens (tertiary/aromatic N) is 3. The third kappa shape index (κ3) is 4.53. The van der Waals surface area contributed by atoms with Gasteiger partial charge < -0.3 is 5.32 Å². The van der Waals surface area contributed by atoms with Gasteiger partial charge in [0.2, 0.25) is 15.9 Å². The van der Waals surface area contributed by atoms with E-state index in [-0.39, 0.29) is 18.1 Å². The number of halogens is 1. The molecule has 1 aromatic heterocycles. The van der Waals surface area contributed by atoms with Crippen molar-refractivity contribution in [1.29, 1.82) is 0 Å². The molecule has 1 aromatic carbocycles. The van der Waals surface area contributed by atoms with Gasteiger partial charge in [-0.3, -0.25) is 9.52 Å². The van der Waals surface area contributed by atoms with Gasteiger partial charge in [-0.25, -0.2) is 12.8 Å². The van der Waals surface area contributed by atoms with Crippen LogP contribution in [0.3, 0.4) is 0 Å². The minimum atomic E-state index is -3.46. The van der Waals surface area contributed by atoms with Crippen LogP contribution in [-0.4, -0.2) is 35.6 Å². The van der Waals surface area contributed by atoms with Gasteiger partial charge in [0, 0.05) is 0 Å². The van der Waals surface area contributed by atoms with Crippen LogP contribution in [0, 0.1) is 5.82 Å². The zero-order valence-electron chi connectivity index (χ0n) is 10.9. The second-order valence-corrected chi connectivity index (χ2v) is 5.91. The summed E-state index contributed by atoms with van der Waals surface area (Å²) in [5, 5.41) is 9.85. The molecule has 0 aliphatic rings. The van der Waals surface area contributed by atoms with Crippen molar-refractivity contribution in [3.05, 3.63) is 36.3 Å². The molecular formula is C11H12FN5O3S. The first-order chi connectivity index (χ1) is 9.83. The molecule has 0 bridgehead atoms. The minimum absolute atomic E-state index is 0.00353. The zero-order chi connectivity index (χ0) is 15.5. The number of carbonyl (C=O) groups is 1. The molecule has 0 fully saturated rings. The molecular weight excluding hydrogens is 301 g/mol. The van der Waals surface area contributed by atoms with E-state index in [0.29, 0.717) is 0 Å². The summed E-state index contributed by atoms with van der Waals surface area (Å²) >= 11 is 0. The van der Waals surface area contributed by atoms with E-state index in [2.05, 4.69) is 20.2 Å². The number of para-hydroxylation sites is 1. The van der Waals surface area contributed by atoms with Crippen LogP contribution in [0.1, 0.15) is 0 Å². The number of sulfonamides is 1. The molecule has 2 rings (SSSR count). The Morgan fingerprint density at radius 2 is 2.10 bits per heavy atom. The van der Waals surface area contributed by atoms with E-state index >= 15 is 0 Å². The maximum Gasteiger partial charge on any atom is 0.248 e. The maximum absolute atomic E-state index is 13.3. The second-order valence-electron chi connectivity index (χ2n) is 4.16. The summed E-state index contributed by atoms with van der Waals surface area (Å²) in [6, 6.07) is 5.72. The Morgan fingerprint density at radius 1 is 1.38 bits per heavy atom. The predicted molar refractivity (Wildman–Crippen MR) is 73.5 cm³/mol. The third-order valence-electron chi connectivity index (χ3n) is 2.26. The van der Waals surface area contributed by atoms with E-state index in [1.165, 1.54) is 18.2 Å². The molecule has 21 heavy (non-hydrogen) atoms. The first kappa shape index (κ1) is 14.9. The average Bonchev–Trinajstić information content (AvgIpc) is 2.77. The summed E-state index contributed by atoms with van der Waals surface area (Å²) in [6.45, 7) is -0.278. The highest BCUT2D eigenvalue weighted by atomic mass is 32.2. The van der Waals surface area contributed by atoms with E-state index in [1.807, 2.05) is 0 Å². The van der Waals surface area contributed by atoms with Crippen molar-refractivity contribution in [2.75, 3.05) is 16.3 Å². The van der Waals surface area contributed by atoms with Crippen LogP contribution in [-0.2, 0) is 21.4 Å². The highest BCUT2D eigenvalue weighted by Crippen LogP contribution is 2.12. The van der Waals surface area contributed by atoms with E-state index in [0.717, 1.165) is 17.2 Å². The van der Waals surface area contributed by atoms with E-state index < -0.39 is 21.7 Å². The Kier molecular flexibility index (Phi) is 4.17. The van der Waals surface area contributed by atoms with Gasteiger partial charge in [0.25, 0.3) is 0 Å². The lowest BCUT2D eigenvalue weighted by molar-refractivity contribution is -0.117. The van der Waals surface area contributed by atoms with Crippen LogP contribution in [0.2, 0.25) is 0 Å². The molecule has 0 aliphatic heterocycles. The fourth-order valence-electron chi connectivity index (χ4n) is 1.49. The van der Waals surface area contributed by atoms with Crippen LogP contribution in [0.15, 0.2) is 30.5 Å². The summed E-state index contributed by atoms with van der Waals surface area (Å²) in [7, 11) is -3.46. The van der Waals surface area contributed by atoms with Gasteiger partial charge >= 0.3 is 0 Å². The van der Waals surface area contributed by atoms with Gasteiger partial charge in [0.05, 0.1) is 18.1 Å². The molecule has 1 heterocycles. The molecule has 0 aliphatic carbocycles. The number of hydrogen-bond donors (Lipinski definition) is 2. The first-order valence-electron chi connectivity index (χ1n) is 5.76. The lowest BCUT2D eigenvalue weighted by Crippen LogP contribution is -2.21. The van der Waals surface area contributed by atoms with Crippen LogP contribution >= 0.6 is 0 Å².